The standard InChI is InChI=1S/C62H94N2O4/c1-59(2,3)49-25-29-53-51-27-23-47(43-55(51)61(57(53)45-49,31-19-15-17-21-35-63(7,8)9)32-20-16-18-22-36-64(10,11)12)48-24-28-52-54-30-26-50(60(4,5)6)46-58(54)62(56(52)44-48,33-37-67-41-39-65-13)34-38-68-42-40-66-14/h23-30,43-46H,15-22,31-42H2,1-14H3/q+2. The molecule has 374 valence electrons. The molecule has 0 amide bonds. The van der Waals surface area contributed by atoms with Crippen LogP contribution < -0.4 is 0 Å². The molecule has 0 radical (unpaired) electrons. The molecule has 0 saturated heterocycles. The van der Waals surface area contributed by atoms with E-state index in [1.165, 1.54) is 133 Å². The topological polar surface area (TPSA) is 36.9 Å². The van der Waals surface area contributed by atoms with Gasteiger partial charge in [0.25, 0.3) is 0 Å². The fraction of sp³-hybridized carbons (Fsp3) is 0.613. The number of unbranched alkanes of at least 4 members (excludes halogenated alkanes) is 6. The van der Waals surface area contributed by atoms with Gasteiger partial charge >= 0.3 is 0 Å². The summed E-state index contributed by atoms with van der Waals surface area (Å²) in [4.78, 5) is 0. The third kappa shape index (κ3) is 13.1. The first-order valence-electron chi connectivity index (χ1n) is 26.5. The summed E-state index contributed by atoms with van der Waals surface area (Å²) in [6.45, 7) is 20.2. The second-order valence-electron chi connectivity index (χ2n) is 24.8. The number of methoxy groups -OCH3 is 2. The van der Waals surface area contributed by atoms with Crippen LogP contribution in [0.5, 0.6) is 0 Å². The zero-order valence-corrected chi connectivity index (χ0v) is 45.6. The molecule has 4 aromatic rings. The molecular weight excluding hydrogens is 837 g/mol. The van der Waals surface area contributed by atoms with Gasteiger partial charge in [0, 0.05) is 38.3 Å². The second-order valence-corrected chi connectivity index (χ2v) is 24.8. The van der Waals surface area contributed by atoms with E-state index < -0.39 is 0 Å². The lowest BCUT2D eigenvalue weighted by molar-refractivity contribution is -0.870. The Morgan fingerprint density at radius 3 is 1.07 bits per heavy atom. The molecular formula is C62H94N2O4+2. The van der Waals surface area contributed by atoms with Crippen LogP contribution >= 0.6 is 0 Å². The van der Waals surface area contributed by atoms with Crippen LogP contribution in [0.1, 0.15) is 152 Å². The van der Waals surface area contributed by atoms with Crippen LogP contribution in [0, 0.1) is 0 Å². The van der Waals surface area contributed by atoms with Crippen molar-refractivity contribution in [2.24, 2.45) is 0 Å². The average molecular weight is 931 g/mol. The third-order valence-corrected chi connectivity index (χ3v) is 15.4. The molecule has 2 aliphatic carbocycles. The summed E-state index contributed by atoms with van der Waals surface area (Å²) < 4.78 is 25.5. The maximum absolute atomic E-state index is 6.33. The van der Waals surface area contributed by atoms with Crippen molar-refractivity contribution in [3.63, 3.8) is 0 Å². The lowest BCUT2D eigenvalue weighted by Crippen LogP contribution is -2.35. The molecule has 0 aromatic heterocycles. The van der Waals surface area contributed by atoms with Gasteiger partial charge in [-0.2, -0.15) is 0 Å². The average Bonchev–Trinajstić information content (AvgIpc) is 3.69. The summed E-state index contributed by atoms with van der Waals surface area (Å²) >= 11 is 0. The van der Waals surface area contributed by atoms with Gasteiger partial charge in [0.05, 0.1) is 81.8 Å². The predicted molar refractivity (Wildman–Crippen MR) is 288 cm³/mol. The van der Waals surface area contributed by atoms with Crippen LogP contribution in [-0.4, -0.2) is 118 Å². The van der Waals surface area contributed by atoms with Gasteiger partial charge < -0.3 is 27.9 Å². The van der Waals surface area contributed by atoms with Crippen LogP contribution in [0.15, 0.2) is 72.8 Å². The molecule has 6 heteroatoms. The zero-order chi connectivity index (χ0) is 49.4. The van der Waals surface area contributed by atoms with E-state index in [1.807, 2.05) is 0 Å². The van der Waals surface area contributed by atoms with Gasteiger partial charge in [-0.1, -0.05) is 128 Å². The maximum atomic E-state index is 6.33. The van der Waals surface area contributed by atoms with Gasteiger partial charge in [0.2, 0.25) is 0 Å². The molecule has 2 aliphatic rings. The first kappa shape index (κ1) is 54.0. The molecule has 0 atom stereocenters. The van der Waals surface area contributed by atoms with Gasteiger partial charge in [0.15, 0.2) is 0 Å². The summed E-state index contributed by atoms with van der Waals surface area (Å²) in [5.74, 6) is 0. The third-order valence-electron chi connectivity index (χ3n) is 15.4. The number of benzene rings is 4. The van der Waals surface area contributed by atoms with E-state index in [0.29, 0.717) is 39.6 Å². The number of nitrogens with zero attached hydrogens (tertiary/aromatic N) is 2. The van der Waals surface area contributed by atoms with Crippen molar-refractivity contribution >= 4 is 0 Å². The molecule has 0 fully saturated rings. The Morgan fingerprint density at radius 2 is 0.721 bits per heavy atom. The molecule has 68 heavy (non-hydrogen) atoms. The summed E-state index contributed by atoms with van der Waals surface area (Å²) in [6, 6.07) is 29.8. The quantitative estimate of drug-likeness (QED) is 0.0441. The van der Waals surface area contributed by atoms with Crippen molar-refractivity contribution < 1.29 is 27.9 Å². The number of ether oxygens (including phenoxy) is 4. The fourth-order valence-corrected chi connectivity index (χ4v) is 11.3. The lowest BCUT2D eigenvalue weighted by Gasteiger charge is -2.34. The highest BCUT2D eigenvalue weighted by molar-refractivity contribution is 5.87. The smallest absolute Gasteiger partial charge is 0.0780 e. The molecule has 0 unspecified atom stereocenters. The summed E-state index contributed by atoms with van der Waals surface area (Å²) in [7, 11) is 17.4. The molecule has 0 N–H and O–H groups in total. The van der Waals surface area contributed by atoms with Gasteiger partial charge in [-0.15, -0.1) is 0 Å². The van der Waals surface area contributed by atoms with Crippen molar-refractivity contribution in [3.8, 4) is 33.4 Å². The number of rotatable bonds is 27. The minimum Gasteiger partial charge on any atom is -0.382 e. The predicted octanol–water partition coefficient (Wildman–Crippen LogP) is 13.9. The number of quaternary nitrogens is 2. The number of fused-ring (bicyclic) bond motifs is 6. The molecule has 0 bridgehead atoms. The van der Waals surface area contributed by atoms with E-state index in [9.17, 15) is 0 Å². The van der Waals surface area contributed by atoms with Crippen molar-refractivity contribution in [2.45, 2.75) is 140 Å². The Hall–Kier alpha value is -3.36. The van der Waals surface area contributed by atoms with Crippen LogP contribution in [0.4, 0.5) is 0 Å². The molecule has 0 aliphatic heterocycles. The highest BCUT2D eigenvalue weighted by Crippen LogP contribution is 2.57. The summed E-state index contributed by atoms with van der Waals surface area (Å²) in [6.07, 6.45) is 14.3. The van der Waals surface area contributed by atoms with Crippen molar-refractivity contribution in [1.82, 2.24) is 0 Å². The van der Waals surface area contributed by atoms with Crippen LogP contribution in [0.25, 0.3) is 33.4 Å². The molecule has 6 rings (SSSR count). The fourth-order valence-electron chi connectivity index (χ4n) is 11.3. The largest absolute Gasteiger partial charge is 0.382 e. The molecule has 0 saturated carbocycles. The van der Waals surface area contributed by atoms with Crippen LogP contribution in [0.2, 0.25) is 0 Å². The number of hydrogen-bond donors (Lipinski definition) is 0. The molecule has 4 aromatic carbocycles. The second kappa shape index (κ2) is 22.8. The van der Waals surface area contributed by atoms with E-state index in [0.717, 1.165) is 21.8 Å². The van der Waals surface area contributed by atoms with Gasteiger partial charge in [-0.25, -0.2) is 0 Å². The Bertz CT molecular complexity index is 2210. The van der Waals surface area contributed by atoms with E-state index in [-0.39, 0.29) is 21.7 Å². The number of hydrogen-bond acceptors (Lipinski definition) is 4. The van der Waals surface area contributed by atoms with Gasteiger partial charge in [0.1, 0.15) is 0 Å². The highest BCUT2D eigenvalue weighted by Gasteiger charge is 2.45. The maximum Gasteiger partial charge on any atom is 0.0780 e. The molecule has 6 nitrogen and oxygen atoms in total. The first-order chi connectivity index (χ1) is 32.1. The van der Waals surface area contributed by atoms with Crippen molar-refractivity contribution in [2.75, 3.05) is 109 Å². The minimum atomic E-state index is -0.278. The van der Waals surface area contributed by atoms with Crippen molar-refractivity contribution in [3.05, 3.63) is 106 Å². The Labute approximate surface area is 415 Å². The zero-order valence-electron chi connectivity index (χ0n) is 45.6. The van der Waals surface area contributed by atoms with Gasteiger partial charge in [-0.3, -0.25) is 0 Å². The normalized spacial score (nSPS) is 15.1. The van der Waals surface area contributed by atoms with E-state index in [4.69, 9.17) is 18.9 Å². The Morgan fingerprint density at radius 1 is 0.382 bits per heavy atom. The van der Waals surface area contributed by atoms with Crippen LogP contribution in [-0.2, 0) is 40.6 Å². The SMILES string of the molecule is COCCOCCC1(CCOCCOC)c2cc(-c3ccc4c(c3)C(CCCCCC[N+](C)(C)C)(CCCCCC[N+](C)(C)C)c3cc(C(C)(C)C)ccc3-4)ccc2-c2ccc(C(C)(C)C)cc21. The van der Waals surface area contributed by atoms with Crippen LogP contribution in [0.3, 0.4) is 0 Å². The highest BCUT2D eigenvalue weighted by atomic mass is 16.5. The minimum absolute atomic E-state index is 0.0181. The monoisotopic (exact) mass is 931 g/mol. The van der Waals surface area contributed by atoms with E-state index in [1.54, 1.807) is 25.3 Å². The Kier molecular flexibility index (Phi) is 18.1. The lowest BCUT2D eigenvalue weighted by atomic mass is 9.69. The molecule has 0 heterocycles. The Balaban J connectivity index is 1.46. The van der Waals surface area contributed by atoms with E-state index in [2.05, 4.69) is 157 Å². The summed E-state index contributed by atoms with van der Waals surface area (Å²) in [5, 5.41) is 0. The van der Waals surface area contributed by atoms with E-state index >= 15 is 0 Å². The van der Waals surface area contributed by atoms with Crippen molar-refractivity contribution in [1.29, 1.82) is 0 Å². The summed E-state index contributed by atoms with van der Waals surface area (Å²) in [5.41, 5.74) is 16.7. The van der Waals surface area contributed by atoms with Gasteiger partial charge in [-0.05, 0) is 141 Å². The first-order valence-corrected chi connectivity index (χ1v) is 26.5. The molecule has 0 spiro atoms.